The van der Waals surface area contributed by atoms with Gasteiger partial charge in [0.05, 0.1) is 24.3 Å². The van der Waals surface area contributed by atoms with Crippen LogP contribution >= 0.6 is 0 Å². The number of hydrogen-bond acceptors (Lipinski definition) is 5. The number of morpholine rings is 1. The highest BCUT2D eigenvalue weighted by Gasteiger charge is 2.25. The number of aromatic nitrogens is 2. The lowest BCUT2D eigenvalue weighted by molar-refractivity contribution is 0.0336. The van der Waals surface area contributed by atoms with Crippen LogP contribution in [-0.2, 0) is 4.74 Å². The van der Waals surface area contributed by atoms with Crippen molar-refractivity contribution in [2.75, 3.05) is 18.1 Å². The molecule has 92 valence electrons. The first-order chi connectivity index (χ1) is 8.08. The fourth-order valence-electron chi connectivity index (χ4n) is 1.76. The molecule has 1 N–H and O–H groups in total. The van der Waals surface area contributed by atoms with Gasteiger partial charge in [0, 0.05) is 18.9 Å². The third kappa shape index (κ3) is 2.52. The number of anilines is 1. The zero-order chi connectivity index (χ0) is 12.4. The second-order valence-electron chi connectivity index (χ2n) is 4.22. The third-order valence-electron chi connectivity index (χ3n) is 2.75. The predicted octanol–water partition coefficient (Wildman–Crippen LogP) is 0.788. The van der Waals surface area contributed by atoms with Crippen LogP contribution in [0.2, 0.25) is 0 Å². The van der Waals surface area contributed by atoms with Crippen LogP contribution in [0.15, 0.2) is 12.4 Å². The molecule has 1 aromatic heterocycles. The molecule has 1 saturated heterocycles. The number of aromatic carboxylic acids is 1. The first-order valence-electron chi connectivity index (χ1n) is 5.51. The van der Waals surface area contributed by atoms with Gasteiger partial charge in [-0.3, -0.25) is 0 Å². The maximum atomic E-state index is 10.7. The Morgan fingerprint density at radius 3 is 2.71 bits per heavy atom. The molecule has 0 saturated carbocycles. The highest BCUT2D eigenvalue weighted by atomic mass is 16.5. The van der Waals surface area contributed by atoms with E-state index in [2.05, 4.69) is 9.97 Å². The molecule has 0 aliphatic carbocycles. The van der Waals surface area contributed by atoms with E-state index in [-0.39, 0.29) is 17.7 Å². The summed E-state index contributed by atoms with van der Waals surface area (Å²) in [6, 6.07) is 0.196. The summed E-state index contributed by atoms with van der Waals surface area (Å²) < 4.78 is 5.51. The summed E-state index contributed by atoms with van der Waals surface area (Å²) >= 11 is 0. The minimum Gasteiger partial charge on any atom is -0.478 e. The van der Waals surface area contributed by atoms with E-state index in [0.717, 1.165) is 0 Å². The molecule has 0 spiro atoms. The molecule has 1 fully saturated rings. The molecule has 0 radical (unpaired) electrons. The van der Waals surface area contributed by atoms with Gasteiger partial charge < -0.3 is 14.7 Å². The topological polar surface area (TPSA) is 75.6 Å². The van der Waals surface area contributed by atoms with E-state index in [0.29, 0.717) is 19.1 Å². The molecule has 6 nitrogen and oxygen atoms in total. The minimum absolute atomic E-state index is 0.0997. The van der Waals surface area contributed by atoms with Crippen molar-refractivity contribution in [3.8, 4) is 0 Å². The fraction of sp³-hybridized carbons (Fsp3) is 0.545. The maximum absolute atomic E-state index is 10.7. The standard InChI is InChI=1S/C11H15N3O3/c1-7-6-17-8(2)5-14(7)11-12-3-9(4-13-11)10(15)16/h3-4,7-8H,5-6H2,1-2H3,(H,15,16). The Bertz CT molecular complexity index is 407. The van der Waals surface area contributed by atoms with E-state index >= 15 is 0 Å². The number of carboxylic acids is 1. The van der Waals surface area contributed by atoms with E-state index in [4.69, 9.17) is 9.84 Å². The van der Waals surface area contributed by atoms with Crippen molar-refractivity contribution in [2.45, 2.75) is 26.0 Å². The molecule has 6 heteroatoms. The number of carboxylic acid groups (broad SMARTS) is 1. The number of ether oxygens (including phenoxy) is 1. The van der Waals surface area contributed by atoms with Gasteiger partial charge in [-0.2, -0.15) is 0 Å². The van der Waals surface area contributed by atoms with Crippen molar-refractivity contribution in [1.82, 2.24) is 9.97 Å². The Hall–Kier alpha value is -1.69. The van der Waals surface area contributed by atoms with Crippen LogP contribution in [0.3, 0.4) is 0 Å². The second kappa shape index (κ2) is 4.67. The van der Waals surface area contributed by atoms with Crippen molar-refractivity contribution in [3.05, 3.63) is 18.0 Å². The van der Waals surface area contributed by atoms with Crippen molar-refractivity contribution >= 4 is 11.9 Å². The molecule has 0 amide bonds. The van der Waals surface area contributed by atoms with Crippen LogP contribution in [0.4, 0.5) is 5.95 Å². The summed E-state index contributed by atoms with van der Waals surface area (Å²) in [6.45, 7) is 5.36. The highest BCUT2D eigenvalue weighted by Crippen LogP contribution is 2.17. The van der Waals surface area contributed by atoms with Crippen LogP contribution in [-0.4, -0.2) is 46.3 Å². The lowest BCUT2D eigenvalue weighted by Crippen LogP contribution is -2.48. The van der Waals surface area contributed by atoms with Crippen molar-refractivity contribution < 1.29 is 14.6 Å². The Kier molecular flexibility index (Phi) is 3.23. The molecule has 2 rings (SSSR count). The monoisotopic (exact) mass is 237 g/mol. The highest BCUT2D eigenvalue weighted by molar-refractivity contribution is 5.86. The van der Waals surface area contributed by atoms with Gasteiger partial charge in [-0.05, 0) is 13.8 Å². The summed E-state index contributed by atoms with van der Waals surface area (Å²) in [6.07, 6.45) is 2.80. The van der Waals surface area contributed by atoms with E-state index in [9.17, 15) is 4.79 Å². The Labute approximate surface area is 99.2 Å². The van der Waals surface area contributed by atoms with Crippen LogP contribution in [0, 0.1) is 0 Å². The van der Waals surface area contributed by atoms with Gasteiger partial charge in [0.25, 0.3) is 0 Å². The van der Waals surface area contributed by atoms with Gasteiger partial charge >= 0.3 is 5.97 Å². The van der Waals surface area contributed by atoms with E-state index < -0.39 is 5.97 Å². The van der Waals surface area contributed by atoms with Gasteiger partial charge in [0.1, 0.15) is 0 Å². The smallest absolute Gasteiger partial charge is 0.338 e. The van der Waals surface area contributed by atoms with E-state index in [1.54, 1.807) is 0 Å². The van der Waals surface area contributed by atoms with Crippen molar-refractivity contribution in [1.29, 1.82) is 0 Å². The second-order valence-corrected chi connectivity index (χ2v) is 4.22. The number of hydrogen-bond donors (Lipinski definition) is 1. The fourth-order valence-corrected chi connectivity index (χ4v) is 1.76. The molecule has 17 heavy (non-hydrogen) atoms. The van der Waals surface area contributed by atoms with Crippen molar-refractivity contribution in [2.24, 2.45) is 0 Å². The Morgan fingerprint density at radius 1 is 1.47 bits per heavy atom. The van der Waals surface area contributed by atoms with Gasteiger partial charge in [0.15, 0.2) is 0 Å². The largest absolute Gasteiger partial charge is 0.478 e. The zero-order valence-corrected chi connectivity index (χ0v) is 9.83. The molecular weight excluding hydrogens is 222 g/mol. The molecule has 1 aromatic rings. The first kappa shape index (κ1) is 11.8. The minimum atomic E-state index is -1.01. The molecule has 1 aliphatic heterocycles. The average Bonchev–Trinajstić information content (AvgIpc) is 2.32. The normalized spacial score (nSPS) is 24.7. The quantitative estimate of drug-likeness (QED) is 0.819. The lowest BCUT2D eigenvalue weighted by atomic mass is 10.2. The molecule has 0 aromatic carbocycles. The zero-order valence-electron chi connectivity index (χ0n) is 9.83. The molecule has 0 bridgehead atoms. The summed E-state index contributed by atoms with van der Waals surface area (Å²) in [5, 5.41) is 8.77. The summed E-state index contributed by atoms with van der Waals surface area (Å²) in [5.41, 5.74) is 0.0997. The average molecular weight is 237 g/mol. The molecule has 2 atom stereocenters. The summed E-state index contributed by atoms with van der Waals surface area (Å²) in [4.78, 5) is 20.9. The van der Waals surface area contributed by atoms with Gasteiger partial charge in [-0.1, -0.05) is 0 Å². The van der Waals surface area contributed by atoms with Crippen LogP contribution in [0.1, 0.15) is 24.2 Å². The van der Waals surface area contributed by atoms with Crippen LogP contribution < -0.4 is 4.90 Å². The molecule has 2 heterocycles. The number of rotatable bonds is 2. The lowest BCUT2D eigenvalue weighted by Gasteiger charge is -2.36. The number of nitrogens with zero attached hydrogens (tertiary/aromatic N) is 3. The third-order valence-corrected chi connectivity index (χ3v) is 2.75. The van der Waals surface area contributed by atoms with Gasteiger partial charge in [-0.15, -0.1) is 0 Å². The van der Waals surface area contributed by atoms with Gasteiger partial charge in [0.2, 0.25) is 5.95 Å². The number of carbonyl (C=O) groups is 1. The van der Waals surface area contributed by atoms with Crippen molar-refractivity contribution in [3.63, 3.8) is 0 Å². The maximum Gasteiger partial charge on any atom is 0.338 e. The first-order valence-corrected chi connectivity index (χ1v) is 5.51. The van der Waals surface area contributed by atoms with Gasteiger partial charge in [-0.25, -0.2) is 14.8 Å². The van der Waals surface area contributed by atoms with Crippen LogP contribution in [0.25, 0.3) is 0 Å². The van der Waals surface area contributed by atoms with E-state index in [1.807, 2.05) is 18.7 Å². The Balaban J connectivity index is 2.18. The Morgan fingerprint density at radius 2 is 2.12 bits per heavy atom. The molecular formula is C11H15N3O3. The summed E-state index contributed by atoms with van der Waals surface area (Å²) in [7, 11) is 0. The predicted molar refractivity (Wildman–Crippen MR) is 61.2 cm³/mol. The van der Waals surface area contributed by atoms with E-state index in [1.165, 1.54) is 12.4 Å². The van der Waals surface area contributed by atoms with Crippen LogP contribution in [0.5, 0.6) is 0 Å². The summed E-state index contributed by atoms with van der Waals surface area (Å²) in [5.74, 6) is -0.461. The molecule has 2 unspecified atom stereocenters. The SMILES string of the molecule is CC1CN(c2ncc(C(=O)O)cn2)C(C)CO1. The molecule has 1 aliphatic rings.